The molecule has 1 amide bonds. The Bertz CT molecular complexity index is 1150. The molecule has 5 rings (SSSR count). The summed E-state index contributed by atoms with van der Waals surface area (Å²) < 4.78 is 5.50. The molecule has 2 N–H and O–H groups in total. The summed E-state index contributed by atoms with van der Waals surface area (Å²) >= 11 is 1.41. The number of piperidine rings is 1. The van der Waals surface area contributed by atoms with E-state index in [0.29, 0.717) is 18.9 Å². The summed E-state index contributed by atoms with van der Waals surface area (Å²) in [6.07, 6.45) is 4.95. The molecule has 0 saturated carbocycles. The normalized spacial score (nSPS) is 18.6. The number of thiazole rings is 1. The lowest BCUT2D eigenvalue weighted by Gasteiger charge is -2.49. The van der Waals surface area contributed by atoms with Gasteiger partial charge in [0.2, 0.25) is 0 Å². The minimum Gasteiger partial charge on any atom is -0.379 e. The molecule has 2 aliphatic heterocycles. The Morgan fingerprint density at radius 3 is 2.62 bits per heavy atom. The largest absolute Gasteiger partial charge is 0.379 e. The predicted molar refractivity (Wildman–Crippen MR) is 131 cm³/mol. The highest BCUT2D eigenvalue weighted by atomic mass is 32.1. The lowest BCUT2D eigenvalue weighted by Crippen LogP contribution is -2.62. The molecule has 2 saturated heterocycles. The number of nitrogens with one attached hydrogen (secondary N) is 2. The summed E-state index contributed by atoms with van der Waals surface area (Å²) in [7, 11) is 0. The number of carbonyl (C=O) groups is 2. The molecule has 0 unspecified atom stereocenters. The number of hydrogen-bond acceptors (Lipinski definition) is 8. The average Bonchev–Trinajstić information content (AvgIpc) is 3.57. The van der Waals surface area contributed by atoms with E-state index in [9.17, 15) is 9.59 Å². The third kappa shape index (κ3) is 4.36. The monoisotopic (exact) mass is 480 g/mol. The number of ether oxygens (including phenoxy) is 1. The summed E-state index contributed by atoms with van der Waals surface area (Å²) in [6.45, 7) is 6.13. The first-order valence-corrected chi connectivity index (χ1v) is 12.4. The minimum absolute atomic E-state index is 0.229. The Balaban J connectivity index is 1.30. The first-order valence-electron chi connectivity index (χ1n) is 11.5. The van der Waals surface area contributed by atoms with Crippen molar-refractivity contribution in [2.24, 2.45) is 0 Å². The number of carbonyl (C=O) groups excluding carboxylic acids is 2. The van der Waals surface area contributed by atoms with Crippen molar-refractivity contribution in [3.05, 3.63) is 47.7 Å². The maximum Gasteiger partial charge on any atom is 0.275 e. The van der Waals surface area contributed by atoms with Crippen molar-refractivity contribution in [3.8, 4) is 10.6 Å². The average molecular weight is 481 g/mol. The van der Waals surface area contributed by atoms with Crippen molar-refractivity contribution >= 4 is 34.4 Å². The van der Waals surface area contributed by atoms with Gasteiger partial charge >= 0.3 is 0 Å². The van der Waals surface area contributed by atoms with Crippen LogP contribution in [0.5, 0.6) is 0 Å². The second-order valence-corrected chi connectivity index (χ2v) is 9.53. The van der Waals surface area contributed by atoms with Gasteiger partial charge in [-0.15, -0.1) is 11.3 Å². The second kappa shape index (κ2) is 9.65. The van der Waals surface area contributed by atoms with Crippen molar-refractivity contribution in [1.82, 2.24) is 20.1 Å². The van der Waals surface area contributed by atoms with Crippen molar-refractivity contribution in [3.63, 3.8) is 0 Å². The van der Waals surface area contributed by atoms with E-state index in [-0.39, 0.29) is 11.7 Å². The van der Waals surface area contributed by atoms with Gasteiger partial charge in [-0.2, -0.15) is 5.10 Å². The standard InChI is InChI=1S/C24H28N6O3S/c1-17(31)24(30-10-12-33-13-11-30)6-8-29(9-7-24)21-5-3-2-4-19(21)27-22(32)20-16-34-23(28-20)18-14-25-26-15-18/h2-5,14-16H,6-13H2,1H3,(H,25,26)(H,27,32). The molecule has 34 heavy (non-hydrogen) atoms. The van der Waals surface area contributed by atoms with Crippen LogP contribution < -0.4 is 10.2 Å². The maximum atomic E-state index is 13.0. The third-order valence-corrected chi connectivity index (χ3v) is 7.73. The highest BCUT2D eigenvalue weighted by Gasteiger charge is 2.44. The molecular formula is C24H28N6O3S. The molecule has 0 atom stereocenters. The number of H-pyrrole nitrogens is 1. The SMILES string of the molecule is CC(=O)C1(N2CCOCC2)CCN(c2ccccc2NC(=O)c2csc(-c3cn[nH]c3)n2)CC1. The van der Waals surface area contributed by atoms with E-state index in [4.69, 9.17) is 4.74 Å². The van der Waals surface area contributed by atoms with Crippen molar-refractivity contribution in [2.45, 2.75) is 25.3 Å². The quantitative estimate of drug-likeness (QED) is 0.559. The van der Waals surface area contributed by atoms with Crippen LogP contribution in [0.4, 0.5) is 11.4 Å². The van der Waals surface area contributed by atoms with E-state index in [1.807, 2.05) is 24.3 Å². The zero-order valence-electron chi connectivity index (χ0n) is 19.1. The number of aromatic amines is 1. The summed E-state index contributed by atoms with van der Waals surface area (Å²) in [4.78, 5) is 34.7. The van der Waals surface area contributed by atoms with Gasteiger partial charge < -0.3 is 15.0 Å². The molecule has 9 nitrogen and oxygen atoms in total. The van der Waals surface area contributed by atoms with Gasteiger partial charge in [-0.3, -0.25) is 19.6 Å². The van der Waals surface area contributed by atoms with E-state index in [1.165, 1.54) is 11.3 Å². The van der Waals surface area contributed by atoms with Gasteiger partial charge in [0.05, 0.1) is 36.3 Å². The number of Topliss-reactive ketones (excluding diaryl/α,β-unsaturated/α-hetero) is 1. The molecule has 2 aliphatic rings. The first-order chi connectivity index (χ1) is 16.6. The zero-order valence-corrected chi connectivity index (χ0v) is 19.9. The molecule has 2 fully saturated rings. The van der Waals surface area contributed by atoms with E-state index < -0.39 is 5.54 Å². The van der Waals surface area contributed by atoms with Crippen molar-refractivity contribution in [1.29, 1.82) is 0 Å². The lowest BCUT2D eigenvalue weighted by atomic mass is 9.81. The van der Waals surface area contributed by atoms with E-state index in [0.717, 1.165) is 61.0 Å². The van der Waals surface area contributed by atoms with Gasteiger partial charge in [-0.1, -0.05) is 12.1 Å². The smallest absolute Gasteiger partial charge is 0.275 e. The summed E-state index contributed by atoms with van der Waals surface area (Å²) in [6, 6.07) is 7.81. The fourth-order valence-corrected chi connectivity index (χ4v) is 5.70. The highest BCUT2D eigenvalue weighted by molar-refractivity contribution is 7.13. The molecule has 10 heteroatoms. The molecule has 178 valence electrons. The molecule has 2 aromatic heterocycles. The topological polar surface area (TPSA) is 103 Å². The van der Waals surface area contributed by atoms with E-state index >= 15 is 0 Å². The van der Waals surface area contributed by atoms with E-state index in [1.54, 1.807) is 24.7 Å². The van der Waals surface area contributed by atoms with Crippen LogP contribution in [0, 0.1) is 0 Å². The number of ketones is 1. The van der Waals surface area contributed by atoms with Gasteiger partial charge in [0.25, 0.3) is 5.91 Å². The number of para-hydroxylation sites is 2. The van der Waals surface area contributed by atoms with Crippen LogP contribution in [0.25, 0.3) is 10.6 Å². The maximum absolute atomic E-state index is 13.0. The Labute approximate surface area is 202 Å². The molecule has 0 bridgehead atoms. The van der Waals surface area contributed by atoms with Crippen molar-refractivity contribution in [2.75, 3.05) is 49.6 Å². The van der Waals surface area contributed by atoms with Crippen LogP contribution in [0.15, 0.2) is 42.0 Å². The summed E-state index contributed by atoms with van der Waals surface area (Å²) in [5.41, 5.74) is 2.50. The zero-order chi connectivity index (χ0) is 23.5. The summed E-state index contributed by atoms with van der Waals surface area (Å²) in [5, 5.41) is 12.2. The van der Waals surface area contributed by atoms with E-state index in [2.05, 4.69) is 30.3 Å². The molecule has 3 aromatic rings. The minimum atomic E-state index is -0.428. The number of benzene rings is 1. The number of amides is 1. The number of nitrogens with zero attached hydrogens (tertiary/aromatic N) is 4. The number of aromatic nitrogens is 3. The van der Waals surface area contributed by atoms with Gasteiger partial charge in [-0.25, -0.2) is 4.98 Å². The van der Waals surface area contributed by atoms with Gasteiger partial charge in [0, 0.05) is 43.3 Å². The van der Waals surface area contributed by atoms with Crippen LogP contribution in [-0.4, -0.2) is 76.7 Å². The Morgan fingerprint density at radius 2 is 1.91 bits per heavy atom. The van der Waals surface area contributed by atoms with Crippen LogP contribution in [-0.2, 0) is 9.53 Å². The van der Waals surface area contributed by atoms with Gasteiger partial charge in [0.1, 0.15) is 16.5 Å². The van der Waals surface area contributed by atoms with Crippen LogP contribution in [0.3, 0.4) is 0 Å². The molecule has 0 spiro atoms. The van der Waals surface area contributed by atoms with Crippen molar-refractivity contribution < 1.29 is 14.3 Å². The highest BCUT2D eigenvalue weighted by Crippen LogP contribution is 2.35. The van der Waals surface area contributed by atoms with Gasteiger partial charge in [0.15, 0.2) is 0 Å². The lowest BCUT2D eigenvalue weighted by molar-refractivity contribution is -0.134. The Morgan fingerprint density at radius 1 is 1.15 bits per heavy atom. The molecule has 0 radical (unpaired) electrons. The molecular weight excluding hydrogens is 452 g/mol. The first kappa shape index (κ1) is 22.7. The fraction of sp³-hybridized carbons (Fsp3) is 0.417. The fourth-order valence-electron chi connectivity index (χ4n) is 4.92. The van der Waals surface area contributed by atoms with Crippen LogP contribution in [0.2, 0.25) is 0 Å². The number of rotatable bonds is 6. The van der Waals surface area contributed by atoms with Crippen LogP contribution >= 0.6 is 11.3 Å². The molecule has 0 aliphatic carbocycles. The number of anilines is 2. The number of morpholine rings is 1. The molecule has 1 aromatic carbocycles. The second-order valence-electron chi connectivity index (χ2n) is 8.67. The Hall–Kier alpha value is -3.08. The predicted octanol–water partition coefficient (Wildman–Crippen LogP) is 3.05. The summed E-state index contributed by atoms with van der Waals surface area (Å²) in [5.74, 6) is -0.0190. The third-order valence-electron chi connectivity index (χ3n) is 6.84. The van der Waals surface area contributed by atoms with Crippen LogP contribution in [0.1, 0.15) is 30.3 Å². The molecule has 4 heterocycles. The Kier molecular flexibility index (Phi) is 6.44. The van der Waals surface area contributed by atoms with Gasteiger partial charge in [-0.05, 0) is 31.9 Å². The number of hydrogen-bond donors (Lipinski definition) is 2.